The van der Waals surface area contributed by atoms with Crippen molar-refractivity contribution < 1.29 is 0 Å². The number of hydrogen-bond acceptors (Lipinski definition) is 3. The average molecular weight is 879 g/mol. The molecule has 322 valence electrons. The molecule has 9 aromatic rings. The molecular weight excluding hydrogens is 829 g/mol. The van der Waals surface area contributed by atoms with Crippen molar-refractivity contribution >= 4 is 54.3 Å². The summed E-state index contributed by atoms with van der Waals surface area (Å²) >= 11 is 1.90. The molecule has 8 aromatic carbocycles. The third-order valence-corrected chi connectivity index (χ3v) is 17.3. The summed E-state index contributed by atoms with van der Waals surface area (Å²) in [4.78, 5) is 5.22. The van der Waals surface area contributed by atoms with E-state index in [-0.39, 0.29) is 22.7 Å². The molecule has 1 aliphatic heterocycles. The molecule has 3 heteroatoms. The van der Waals surface area contributed by atoms with Crippen LogP contribution in [0.25, 0.3) is 42.4 Å². The summed E-state index contributed by atoms with van der Waals surface area (Å²) in [5, 5.41) is 2.69. The maximum atomic E-state index is 2.61. The average Bonchev–Trinajstić information content (AvgIpc) is 4.01. The number of benzene rings is 8. The topological polar surface area (TPSA) is 6.48 Å². The molecule has 0 radical (unpaired) electrons. The van der Waals surface area contributed by atoms with E-state index in [2.05, 4.69) is 236 Å². The predicted octanol–water partition coefficient (Wildman–Crippen LogP) is 16.9. The fraction of sp³-hybridized carbons (Fsp3) is 0.156. The molecule has 0 fully saturated rings. The van der Waals surface area contributed by atoms with E-state index in [9.17, 15) is 0 Å². The lowest BCUT2D eigenvalue weighted by molar-refractivity contribution is 0.450. The molecule has 67 heavy (non-hydrogen) atoms. The van der Waals surface area contributed by atoms with Gasteiger partial charge in [-0.25, -0.2) is 0 Å². The second-order valence-electron chi connectivity index (χ2n) is 19.8. The van der Waals surface area contributed by atoms with E-state index in [1.807, 2.05) is 11.3 Å². The zero-order valence-electron chi connectivity index (χ0n) is 37.9. The first kappa shape index (κ1) is 39.0. The molecule has 0 N–H and O–H groups in total. The summed E-state index contributed by atoms with van der Waals surface area (Å²) in [6.45, 7) is 4.77. The van der Waals surface area contributed by atoms with E-state index in [1.54, 1.807) is 0 Å². The Bertz CT molecular complexity index is 3530. The molecule has 0 bridgehead atoms. The van der Waals surface area contributed by atoms with Crippen LogP contribution < -0.4 is 9.80 Å². The van der Waals surface area contributed by atoms with Gasteiger partial charge in [-0.3, -0.25) is 0 Å². The molecule has 1 spiro atoms. The summed E-state index contributed by atoms with van der Waals surface area (Å²) in [7, 11) is 0. The van der Waals surface area contributed by atoms with Crippen molar-refractivity contribution in [3.8, 4) is 22.3 Å². The maximum Gasteiger partial charge on any atom is 0.0538 e. The number of fused-ring (bicyclic) bond motifs is 15. The van der Waals surface area contributed by atoms with Gasteiger partial charge >= 0.3 is 0 Å². The molecule has 2 nitrogen and oxygen atoms in total. The van der Waals surface area contributed by atoms with Crippen LogP contribution in [-0.4, -0.2) is 6.04 Å². The van der Waals surface area contributed by atoms with Crippen LogP contribution in [0, 0.1) is 5.92 Å². The molecule has 4 atom stereocenters. The highest BCUT2D eigenvalue weighted by atomic mass is 32.1. The fourth-order valence-corrected chi connectivity index (χ4v) is 14.4. The van der Waals surface area contributed by atoms with Crippen molar-refractivity contribution in [2.24, 2.45) is 5.92 Å². The third kappa shape index (κ3) is 5.50. The molecule has 0 amide bonds. The third-order valence-electron chi connectivity index (χ3n) is 16.2. The molecule has 4 aliphatic carbocycles. The number of para-hydroxylation sites is 2. The van der Waals surface area contributed by atoms with Crippen LogP contribution in [0.5, 0.6) is 0 Å². The van der Waals surface area contributed by atoms with Crippen LogP contribution in [0.2, 0.25) is 0 Å². The van der Waals surface area contributed by atoms with E-state index in [0.29, 0.717) is 6.04 Å². The van der Waals surface area contributed by atoms with E-state index in [1.165, 1.54) is 104 Å². The van der Waals surface area contributed by atoms with Crippen molar-refractivity contribution in [2.45, 2.75) is 55.9 Å². The van der Waals surface area contributed by atoms with Gasteiger partial charge in [-0.15, -0.1) is 11.3 Å². The van der Waals surface area contributed by atoms with Gasteiger partial charge in [-0.1, -0.05) is 172 Å². The SMILES string of the molecule is CC1(C)c2ccccc2N(C2=CC=CC3C2c2ccccc2C32c3ccccc3-c3ccc(-c4ccc(N(c5ccc6c(c5)sc5ccccc56)C5CC=CCC5)cc4)cc32)c2ccccc21. The van der Waals surface area contributed by atoms with Crippen molar-refractivity contribution in [1.29, 1.82) is 0 Å². The summed E-state index contributed by atoms with van der Waals surface area (Å²) in [6, 6.07) is 70.1. The van der Waals surface area contributed by atoms with Crippen LogP contribution in [-0.2, 0) is 10.8 Å². The number of hydrogen-bond donors (Lipinski definition) is 0. The smallest absolute Gasteiger partial charge is 0.0538 e. The molecule has 4 unspecified atom stereocenters. The Morgan fingerprint density at radius 2 is 1.21 bits per heavy atom. The monoisotopic (exact) mass is 878 g/mol. The standard InChI is InChI=1S/C64H50N2S/c1-63(2)53-24-11-13-27-57(53)66(58-28-14-12-25-54(58)63)59-29-16-26-55-62(59)50-21-7-10-23-52(50)64(55)51-22-9-6-19-46(51)47-37-33-42(39-56(47)64)41-31-34-44(35-32-41)65(43-17-4-3-5-18-43)45-36-38-49-48-20-8-15-30-60(48)67-61(49)40-45/h3-4,6-16,19-40,43,55,62H,5,17-18H2,1-2H3. The highest BCUT2D eigenvalue weighted by molar-refractivity contribution is 7.25. The quantitative estimate of drug-likeness (QED) is 0.159. The normalized spacial score (nSPS) is 21.4. The van der Waals surface area contributed by atoms with Crippen LogP contribution in [0.15, 0.2) is 218 Å². The van der Waals surface area contributed by atoms with Crippen molar-refractivity contribution in [3.05, 3.63) is 251 Å². The van der Waals surface area contributed by atoms with Gasteiger partial charge < -0.3 is 9.80 Å². The molecule has 0 saturated carbocycles. The summed E-state index contributed by atoms with van der Waals surface area (Å²) in [5.74, 6) is 0.299. The Hall–Kier alpha value is -7.20. The Balaban J connectivity index is 0.891. The zero-order chi connectivity index (χ0) is 44.4. The number of nitrogens with zero attached hydrogens (tertiary/aromatic N) is 2. The lowest BCUT2D eigenvalue weighted by atomic mass is 9.64. The fourth-order valence-electron chi connectivity index (χ4n) is 13.3. The molecule has 2 heterocycles. The van der Waals surface area contributed by atoms with Crippen LogP contribution in [0.1, 0.15) is 72.4 Å². The second-order valence-corrected chi connectivity index (χ2v) is 20.9. The number of rotatable bonds is 5. The minimum Gasteiger partial charge on any atom is -0.338 e. The van der Waals surface area contributed by atoms with Crippen molar-refractivity contribution in [3.63, 3.8) is 0 Å². The van der Waals surface area contributed by atoms with Gasteiger partial charge in [0.05, 0.1) is 5.41 Å². The van der Waals surface area contributed by atoms with Gasteiger partial charge in [0, 0.05) is 71.9 Å². The lowest BCUT2D eigenvalue weighted by Gasteiger charge is -2.46. The maximum absolute atomic E-state index is 2.61. The largest absolute Gasteiger partial charge is 0.338 e. The summed E-state index contributed by atoms with van der Waals surface area (Å²) < 4.78 is 2.70. The highest BCUT2D eigenvalue weighted by Crippen LogP contribution is 2.68. The Kier molecular flexibility index (Phi) is 8.53. The summed E-state index contributed by atoms with van der Waals surface area (Å²) in [5.41, 5.74) is 19.5. The predicted molar refractivity (Wildman–Crippen MR) is 282 cm³/mol. The van der Waals surface area contributed by atoms with Gasteiger partial charge in [0.15, 0.2) is 0 Å². The van der Waals surface area contributed by atoms with Gasteiger partial charge in [0.2, 0.25) is 0 Å². The molecule has 0 saturated heterocycles. The van der Waals surface area contributed by atoms with Gasteiger partial charge in [-0.05, 0) is 130 Å². The van der Waals surface area contributed by atoms with Crippen molar-refractivity contribution in [1.82, 2.24) is 0 Å². The number of allylic oxidation sites excluding steroid dienone is 5. The number of anilines is 4. The Morgan fingerprint density at radius 3 is 2.00 bits per heavy atom. The summed E-state index contributed by atoms with van der Waals surface area (Å²) in [6.07, 6.45) is 15.3. The van der Waals surface area contributed by atoms with E-state index >= 15 is 0 Å². The van der Waals surface area contributed by atoms with E-state index in [4.69, 9.17) is 0 Å². The Labute approximate surface area is 397 Å². The molecule has 1 aromatic heterocycles. The number of thiophene rings is 1. The molecule has 14 rings (SSSR count). The van der Waals surface area contributed by atoms with E-state index < -0.39 is 0 Å². The first-order valence-corrected chi connectivity index (χ1v) is 25.0. The van der Waals surface area contributed by atoms with Gasteiger partial charge in [0.25, 0.3) is 0 Å². The zero-order valence-corrected chi connectivity index (χ0v) is 38.7. The molecule has 5 aliphatic rings. The highest BCUT2D eigenvalue weighted by Gasteiger charge is 2.59. The minimum absolute atomic E-state index is 0.125. The van der Waals surface area contributed by atoms with Crippen molar-refractivity contribution in [2.75, 3.05) is 9.80 Å². The Morgan fingerprint density at radius 1 is 0.552 bits per heavy atom. The van der Waals surface area contributed by atoms with Crippen LogP contribution >= 0.6 is 11.3 Å². The van der Waals surface area contributed by atoms with Gasteiger partial charge in [0.1, 0.15) is 0 Å². The van der Waals surface area contributed by atoms with Gasteiger partial charge in [-0.2, -0.15) is 0 Å². The first-order chi connectivity index (χ1) is 33.0. The molecular formula is C64H50N2S. The second kappa shape index (κ2) is 14.6. The lowest BCUT2D eigenvalue weighted by Crippen LogP contribution is -2.38. The van der Waals surface area contributed by atoms with Crippen LogP contribution in [0.4, 0.5) is 22.7 Å². The van der Waals surface area contributed by atoms with E-state index in [0.717, 1.165) is 19.3 Å². The minimum atomic E-state index is -0.371. The van der Waals surface area contributed by atoms with Crippen LogP contribution in [0.3, 0.4) is 0 Å². The first-order valence-electron chi connectivity index (χ1n) is 24.2.